The first-order chi connectivity index (χ1) is 16.1. The van der Waals surface area contributed by atoms with Crippen LogP contribution in [0.4, 0.5) is 0 Å². The minimum absolute atomic E-state index is 0.0731. The number of nitrogens with one attached hydrogen (secondary N) is 2. The van der Waals surface area contributed by atoms with Crippen LogP contribution >= 0.6 is 11.8 Å². The number of hydrogen-bond donors (Lipinski definition) is 2. The van der Waals surface area contributed by atoms with E-state index in [1.165, 1.54) is 6.21 Å². The van der Waals surface area contributed by atoms with Crippen LogP contribution in [-0.4, -0.2) is 46.6 Å². The van der Waals surface area contributed by atoms with E-state index in [0.717, 1.165) is 22.9 Å². The molecule has 10 heteroatoms. The van der Waals surface area contributed by atoms with Gasteiger partial charge in [0.1, 0.15) is 0 Å². The third-order valence-corrected chi connectivity index (χ3v) is 4.75. The average Bonchev–Trinajstić information content (AvgIpc) is 2.82. The molecule has 3 aromatic rings. The maximum absolute atomic E-state index is 12.0. The molecule has 1 aromatic heterocycles. The van der Waals surface area contributed by atoms with Gasteiger partial charge in [-0.05, 0) is 18.1 Å². The van der Waals surface area contributed by atoms with Gasteiger partial charge in [-0.15, -0.1) is 0 Å². The number of rotatable bonds is 10. The first kappa shape index (κ1) is 23.6. The van der Waals surface area contributed by atoms with Gasteiger partial charge in [0.05, 0.1) is 18.2 Å². The first-order valence-corrected chi connectivity index (χ1v) is 10.9. The van der Waals surface area contributed by atoms with Crippen LogP contribution in [0.1, 0.15) is 16.8 Å². The van der Waals surface area contributed by atoms with E-state index in [4.69, 9.17) is 4.74 Å². The van der Waals surface area contributed by atoms with Gasteiger partial charge >= 0.3 is 0 Å². The highest BCUT2D eigenvalue weighted by molar-refractivity contribution is 7.99. The second-order valence-corrected chi connectivity index (χ2v) is 7.56. The number of carbonyl (C=O) groups excluding carboxylic acids is 2. The van der Waals surface area contributed by atoms with Crippen LogP contribution in [0, 0.1) is 6.92 Å². The van der Waals surface area contributed by atoms with Crippen LogP contribution < -0.4 is 15.6 Å². The quantitative estimate of drug-likeness (QED) is 0.207. The van der Waals surface area contributed by atoms with Crippen molar-refractivity contribution in [1.82, 2.24) is 20.8 Å². The summed E-state index contributed by atoms with van der Waals surface area (Å²) in [6, 6.07) is 20.4. The molecule has 0 radical (unpaired) electrons. The van der Waals surface area contributed by atoms with Crippen LogP contribution in [-0.2, 0) is 9.59 Å². The third-order valence-electron chi connectivity index (χ3n) is 3.90. The Hall–Kier alpha value is -4.05. The van der Waals surface area contributed by atoms with Crippen molar-refractivity contribution in [3.05, 3.63) is 83.6 Å². The molecule has 0 aliphatic carbocycles. The summed E-state index contributed by atoms with van der Waals surface area (Å²) in [5.41, 5.74) is 7.24. The van der Waals surface area contributed by atoms with E-state index in [-0.39, 0.29) is 24.1 Å². The Kier molecular flexibility index (Phi) is 9.10. The lowest BCUT2D eigenvalue weighted by atomic mass is 10.2. The molecule has 0 spiro atoms. The van der Waals surface area contributed by atoms with E-state index >= 15 is 0 Å². The molecule has 168 valence electrons. The molecule has 33 heavy (non-hydrogen) atoms. The number of ether oxygens (including phenoxy) is 1. The fourth-order valence-electron chi connectivity index (χ4n) is 2.42. The normalized spacial score (nSPS) is 10.9. The van der Waals surface area contributed by atoms with Crippen molar-refractivity contribution in [3.63, 3.8) is 0 Å². The van der Waals surface area contributed by atoms with Gasteiger partial charge in [-0.25, -0.2) is 15.8 Å². The molecule has 0 saturated carbocycles. The topological polar surface area (TPSA) is 118 Å². The molecular weight excluding hydrogens is 440 g/mol. The van der Waals surface area contributed by atoms with E-state index < -0.39 is 5.91 Å². The van der Waals surface area contributed by atoms with Gasteiger partial charge < -0.3 is 4.74 Å². The van der Waals surface area contributed by atoms with E-state index in [9.17, 15) is 9.59 Å². The number of carbonyl (C=O) groups is 2. The number of thioether (sulfide) groups is 1. The summed E-state index contributed by atoms with van der Waals surface area (Å²) < 4.78 is 5.44. The average molecular weight is 463 g/mol. The molecule has 0 aliphatic rings. The third kappa shape index (κ3) is 8.91. The molecule has 0 unspecified atom stereocenters. The largest absolute Gasteiger partial charge is 0.467 e. The van der Waals surface area contributed by atoms with Crippen molar-refractivity contribution < 1.29 is 14.3 Å². The van der Waals surface area contributed by atoms with E-state index in [2.05, 4.69) is 31.0 Å². The molecule has 0 atom stereocenters. The minimum atomic E-state index is -0.427. The SMILES string of the molecule is Cc1cc(OCC(=O)N/N=C/c2ccccc2)nc(SCC(=O)N/N=C/c2ccccc2)n1. The first-order valence-electron chi connectivity index (χ1n) is 9.94. The molecule has 1 heterocycles. The van der Waals surface area contributed by atoms with Crippen molar-refractivity contribution in [2.45, 2.75) is 12.1 Å². The summed E-state index contributed by atoms with van der Waals surface area (Å²) >= 11 is 1.14. The fraction of sp³-hybridized carbons (Fsp3) is 0.130. The molecule has 0 fully saturated rings. The van der Waals surface area contributed by atoms with E-state index in [1.54, 1.807) is 19.2 Å². The lowest BCUT2D eigenvalue weighted by Gasteiger charge is -2.07. The minimum Gasteiger partial charge on any atom is -0.467 e. The smallest absolute Gasteiger partial charge is 0.278 e. The Bertz CT molecular complexity index is 1040. The molecule has 0 saturated heterocycles. The Balaban J connectivity index is 1.43. The van der Waals surface area contributed by atoms with Crippen molar-refractivity contribution in [1.29, 1.82) is 0 Å². The zero-order valence-electron chi connectivity index (χ0n) is 17.8. The van der Waals surface area contributed by atoms with Crippen LogP contribution in [0.2, 0.25) is 0 Å². The van der Waals surface area contributed by atoms with Crippen LogP contribution in [0.5, 0.6) is 5.88 Å². The summed E-state index contributed by atoms with van der Waals surface area (Å²) in [5, 5.41) is 8.16. The lowest BCUT2D eigenvalue weighted by molar-refractivity contribution is -0.123. The Morgan fingerprint density at radius 2 is 1.48 bits per heavy atom. The van der Waals surface area contributed by atoms with Crippen molar-refractivity contribution in [2.75, 3.05) is 12.4 Å². The summed E-state index contributed by atoms with van der Waals surface area (Å²) in [4.78, 5) is 32.4. The maximum atomic E-state index is 12.0. The zero-order valence-corrected chi connectivity index (χ0v) is 18.7. The van der Waals surface area contributed by atoms with Gasteiger partial charge in [-0.3, -0.25) is 9.59 Å². The van der Waals surface area contributed by atoms with Crippen molar-refractivity contribution in [2.24, 2.45) is 10.2 Å². The highest BCUT2D eigenvalue weighted by Crippen LogP contribution is 2.17. The Morgan fingerprint density at radius 1 is 0.909 bits per heavy atom. The Morgan fingerprint density at radius 3 is 2.09 bits per heavy atom. The van der Waals surface area contributed by atoms with Gasteiger partial charge in [0, 0.05) is 11.8 Å². The van der Waals surface area contributed by atoms with E-state index in [0.29, 0.717) is 10.9 Å². The van der Waals surface area contributed by atoms with Gasteiger partial charge in [0.25, 0.3) is 11.8 Å². The number of hydrogen-bond acceptors (Lipinski definition) is 8. The van der Waals surface area contributed by atoms with E-state index in [1.807, 2.05) is 60.7 Å². The fourth-order valence-corrected chi connectivity index (χ4v) is 3.11. The maximum Gasteiger partial charge on any atom is 0.278 e. The zero-order chi connectivity index (χ0) is 23.3. The summed E-state index contributed by atoms with van der Waals surface area (Å²) in [5.74, 6) is -0.419. The molecule has 2 amide bonds. The van der Waals surface area contributed by atoms with Crippen LogP contribution in [0.15, 0.2) is 82.1 Å². The molecule has 3 rings (SSSR count). The van der Waals surface area contributed by atoms with Gasteiger partial charge in [0.15, 0.2) is 11.8 Å². The second-order valence-electron chi connectivity index (χ2n) is 6.62. The number of benzene rings is 2. The van der Waals surface area contributed by atoms with Crippen LogP contribution in [0.25, 0.3) is 0 Å². The molecule has 2 aromatic carbocycles. The molecular formula is C23H22N6O3S. The van der Waals surface area contributed by atoms with Crippen molar-refractivity contribution >= 4 is 36.0 Å². The highest BCUT2D eigenvalue weighted by atomic mass is 32.2. The second kappa shape index (κ2) is 12.7. The molecule has 2 N–H and O–H groups in total. The Labute approximate surface area is 195 Å². The summed E-state index contributed by atoms with van der Waals surface area (Å²) in [6.45, 7) is 1.51. The van der Waals surface area contributed by atoms with Gasteiger partial charge in [-0.1, -0.05) is 72.4 Å². The van der Waals surface area contributed by atoms with Crippen molar-refractivity contribution in [3.8, 4) is 5.88 Å². The van der Waals surface area contributed by atoms with Gasteiger partial charge in [-0.2, -0.15) is 15.2 Å². The number of amides is 2. The predicted octanol–water partition coefficient (Wildman–Crippen LogP) is 2.56. The van der Waals surface area contributed by atoms with Crippen LogP contribution in [0.3, 0.4) is 0 Å². The van der Waals surface area contributed by atoms with Gasteiger partial charge in [0.2, 0.25) is 5.88 Å². The number of aryl methyl sites for hydroxylation is 1. The predicted molar refractivity (Wildman–Crippen MR) is 127 cm³/mol. The highest BCUT2D eigenvalue weighted by Gasteiger charge is 2.09. The standard InChI is InChI=1S/C23H22N6O3S/c1-17-12-22(32-15-20(30)28-24-13-18-8-4-2-5-9-18)27-23(26-17)33-16-21(31)29-25-14-19-10-6-3-7-11-19/h2-14H,15-16H2,1H3,(H,28,30)(H,29,31)/b24-13+,25-14+. The summed E-state index contributed by atoms with van der Waals surface area (Å²) in [6.07, 6.45) is 3.10. The number of hydrazone groups is 2. The number of nitrogens with zero attached hydrogens (tertiary/aromatic N) is 4. The summed E-state index contributed by atoms with van der Waals surface area (Å²) in [7, 11) is 0. The molecule has 0 bridgehead atoms. The number of aromatic nitrogens is 2. The lowest BCUT2D eigenvalue weighted by Crippen LogP contribution is -2.25. The molecule has 0 aliphatic heterocycles. The monoisotopic (exact) mass is 462 g/mol. The molecule has 9 nitrogen and oxygen atoms in total.